The van der Waals surface area contributed by atoms with Gasteiger partial charge >= 0.3 is 0 Å². The van der Waals surface area contributed by atoms with Crippen LogP contribution in [0.2, 0.25) is 0 Å². The maximum atomic E-state index is 12.2. The molecule has 19 heavy (non-hydrogen) atoms. The van der Waals surface area contributed by atoms with Gasteiger partial charge in [0.2, 0.25) is 0 Å². The molecule has 0 N–H and O–H groups in total. The zero-order chi connectivity index (χ0) is 14.6. The summed E-state index contributed by atoms with van der Waals surface area (Å²) in [5.74, 6) is 1.18. The van der Waals surface area contributed by atoms with E-state index < -0.39 is 10.8 Å². The Hall–Kier alpha value is -0.960. The van der Waals surface area contributed by atoms with Crippen LogP contribution >= 0.6 is 0 Å². The van der Waals surface area contributed by atoms with Gasteiger partial charge in [0.25, 0.3) is 0 Å². The molecule has 0 heterocycles. The molecule has 0 saturated heterocycles. The highest BCUT2D eigenvalue weighted by Gasteiger charge is 2.15. The second-order valence-corrected chi connectivity index (χ2v) is 6.94. The summed E-state index contributed by atoms with van der Waals surface area (Å²) in [4.78, 5) is 12.2. The molecule has 0 aliphatic rings. The third-order valence-electron chi connectivity index (χ3n) is 3.60. The van der Waals surface area contributed by atoms with Crippen molar-refractivity contribution in [3.05, 3.63) is 34.4 Å². The lowest BCUT2D eigenvalue weighted by Crippen LogP contribution is -2.17. The van der Waals surface area contributed by atoms with Gasteiger partial charge in [-0.15, -0.1) is 0 Å². The predicted octanol–water partition coefficient (Wildman–Crippen LogP) is 3.59. The van der Waals surface area contributed by atoms with Gasteiger partial charge in [-0.05, 0) is 49.4 Å². The van der Waals surface area contributed by atoms with Crippen molar-refractivity contribution < 1.29 is 9.00 Å². The van der Waals surface area contributed by atoms with Crippen molar-refractivity contribution in [2.24, 2.45) is 5.92 Å². The van der Waals surface area contributed by atoms with Gasteiger partial charge < -0.3 is 0 Å². The van der Waals surface area contributed by atoms with E-state index in [1.807, 2.05) is 32.9 Å². The highest BCUT2D eigenvalue weighted by molar-refractivity contribution is 7.85. The van der Waals surface area contributed by atoms with Gasteiger partial charge in [0.1, 0.15) is 0 Å². The Morgan fingerprint density at radius 1 is 1.16 bits per heavy atom. The molecule has 0 amide bonds. The summed E-state index contributed by atoms with van der Waals surface area (Å²) in [5, 5.41) is 0. The van der Waals surface area contributed by atoms with Crippen molar-refractivity contribution in [3.8, 4) is 0 Å². The van der Waals surface area contributed by atoms with Crippen LogP contribution in [-0.4, -0.2) is 21.5 Å². The van der Waals surface area contributed by atoms with Gasteiger partial charge in [-0.1, -0.05) is 26.3 Å². The van der Waals surface area contributed by atoms with Gasteiger partial charge in [-0.25, -0.2) is 0 Å². The van der Waals surface area contributed by atoms with Crippen LogP contribution in [0.5, 0.6) is 0 Å². The van der Waals surface area contributed by atoms with Crippen molar-refractivity contribution in [2.45, 2.75) is 41.0 Å². The second kappa shape index (κ2) is 6.99. The molecule has 1 aromatic rings. The van der Waals surface area contributed by atoms with Crippen LogP contribution in [0.4, 0.5) is 0 Å². The van der Waals surface area contributed by atoms with E-state index in [9.17, 15) is 9.00 Å². The van der Waals surface area contributed by atoms with Gasteiger partial charge in [0.05, 0.1) is 5.75 Å². The monoisotopic (exact) mass is 280 g/mol. The van der Waals surface area contributed by atoms with Crippen molar-refractivity contribution in [1.82, 2.24) is 0 Å². The van der Waals surface area contributed by atoms with Crippen LogP contribution in [0.1, 0.15) is 47.3 Å². The van der Waals surface area contributed by atoms with E-state index in [1.165, 1.54) is 5.56 Å². The highest BCUT2D eigenvalue weighted by atomic mass is 32.2. The molecule has 2 unspecified atom stereocenters. The fraction of sp³-hybridized carbons (Fsp3) is 0.562. The van der Waals surface area contributed by atoms with Crippen LogP contribution in [0.25, 0.3) is 0 Å². The molecule has 0 aromatic heterocycles. The summed E-state index contributed by atoms with van der Waals surface area (Å²) in [6, 6.07) is 3.95. The van der Waals surface area contributed by atoms with Crippen molar-refractivity contribution in [1.29, 1.82) is 0 Å². The first kappa shape index (κ1) is 16.1. The van der Waals surface area contributed by atoms with Crippen LogP contribution in [0.15, 0.2) is 12.1 Å². The molecule has 0 bridgehead atoms. The van der Waals surface area contributed by atoms with E-state index in [0.717, 1.165) is 23.1 Å². The van der Waals surface area contributed by atoms with Crippen LogP contribution in [-0.2, 0) is 10.8 Å². The number of ketones is 1. The Morgan fingerprint density at radius 2 is 1.74 bits per heavy atom. The number of hydrogen-bond acceptors (Lipinski definition) is 2. The molecule has 0 radical (unpaired) electrons. The van der Waals surface area contributed by atoms with E-state index in [2.05, 4.69) is 13.8 Å². The Kier molecular flexibility index (Phi) is 5.92. The van der Waals surface area contributed by atoms with Gasteiger partial charge in [0.15, 0.2) is 5.78 Å². The molecule has 0 aliphatic carbocycles. The number of carbonyl (C=O) groups is 1. The number of rotatable bonds is 6. The minimum absolute atomic E-state index is 0.00207. The molecule has 2 atom stereocenters. The largest absolute Gasteiger partial charge is 0.293 e. The molecule has 2 nitrogen and oxygen atoms in total. The zero-order valence-corrected chi connectivity index (χ0v) is 13.4. The summed E-state index contributed by atoms with van der Waals surface area (Å²) >= 11 is 0. The number of carbonyl (C=O) groups excluding carboxylic acids is 1. The number of Topliss-reactive ketones (excluding diaryl/α,β-unsaturated/α-hetero) is 1. The fourth-order valence-electron chi connectivity index (χ4n) is 1.98. The Balaban J connectivity index is 2.79. The minimum Gasteiger partial charge on any atom is -0.293 e. The molecular formula is C16H24O2S. The lowest BCUT2D eigenvalue weighted by atomic mass is 9.99. The summed E-state index contributed by atoms with van der Waals surface area (Å²) < 4.78 is 11.9. The fourth-order valence-corrected chi connectivity index (χ4v) is 3.42. The topological polar surface area (TPSA) is 34.1 Å². The molecule has 1 rings (SSSR count). The Labute approximate surface area is 119 Å². The molecular weight excluding hydrogens is 256 g/mol. The van der Waals surface area contributed by atoms with E-state index in [1.54, 1.807) is 0 Å². The van der Waals surface area contributed by atoms with Gasteiger partial charge in [0, 0.05) is 22.1 Å². The predicted molar refractivity (Wildman–Crippen MR) is 82.3 cm³/mol. The van der Waals surface area contributed by atoms with Crippen molar-refractivity contribution >= 4 is 16.6 Å². The van der Waals surface area contributed by atoms with Crippen molar-refractivity contribution in [3.63, 3.8) is 0 Å². The quantitative estimate of drug-likeness (QED) is 0.746. The molecule has 0 fully saturated rings. The SMILES string of the molecule is CCC(C)CS(=O)CC(=O)c1cc(C)c(C)cc1C. The summed E-state index contributed by atoms with van der Waals surface area (Å²) in [5.41, 5.74) is 4.01. The number of hydrogen-bond donors (Lipinski definition) is 0. The highest BCUT2D eigenvalue weighted by Crippen LogP contribution is 2.16. The third-order valence-corrected chi connectivity index (χ3v) is 5.13. The molecule has 3 heteroatoms. The summed E-state index contributed by atoms with van der Waals surface area (Å²) in [7, 11) is -1.05. The Bertz CT molecular complexity index is 492. The lowest BCUT2D eigenvalue weighted by molar-refractivity contribution is 0.102. The van der Waals surface area contributed by atoms with Gasteiger partial charge in [-0.2, -0.15) is 0 Å². The Morgan fingerprint density at radius 3 is 2.32 bits per heavy atom. The van der Waals surface area contributed by atoms with Crippen LogP contribution in [0, 0.1) is 26.7 Å². The molecule has 0 saturated carbocycles. The van der Waals surface area contributed by atoms with E-state index in [-0.39, 0.29) is 11.5 Å². The third kappa shape index (κ3) is 4.57. The average molecular weight is 280 g/mol. The van der Waals surface area contributed by atoms with E-state index in [0.29, 0.717) is 11.7 Å². The van der Waals surface area contributed by atoms with E-state index >= 15 is 0 Å². The maximum Gasteiger partial charge on any atom is 0.175 e. The lowest BCUT2D eigenvalue weighted by Gasteiger charge is -2.10. The average Bonchev–Trinajstić information content (AvgIpc) is 2.33. The molecule has 106 valence electrons. The van der Waals surface area contributed by atoms with E-state index in [4.69, 9.17) is 0 Å². The number of benzene rings is 1. The zero-order valence-electron chi connectivity index (χ0n) is 12.6. The second-order valence-electron chi connectivity index (χ2n) is 5.44. The maximum absolute atomic E-state index is 12.2. The van der Waals surface area contributed by atoms with Crippen LogP contribution < -0.4 is 0 Å². The first-order valence-corrected chi connectivity index (χ1v) is 8.30. The molecule has 0 aliphatic heterocycles. The van der Waals surface area contributed by atoms with Crippen molar-refractivity contribution in [2.75, 3.05) is 11.5 Å². The first-order chi connectivity index (χ1) is 8.85. The van der Waals surface area contributed by atoms with Gasteiger partial charge in [-0.3, -0.25) is 9.00 Å². The number of aryl methyl sites for hydroxylation is 3. The smallest absolute Gasteiger partial charge is 0.175 e. The normalized spacial score (nSPS) is 14.2. The minimum atomic E-state index is -1.05. The molecule has 0 spiro atoms. The van der Waals surface area contributed by atoms with Crippen LogP contribution in [0.3, 0.4) is 0 Å². The standard InChI is InChI=1S/C16H24O2S/c1-6-11(2)9-19(18)10-16(17)15-8-13(4)12(3)7-14(15)5/h7-8,11H,6,9-10H2,1-5H3. The summed E-state index contributed by atoms with van der Waals surface area (Å²) in [6.07, 6.45) is 1.00. The molecule has 1 aromatic carbocycles. The summed E-state index contributed by atoms with van der Waals surface area (Å²) in [6.45, 7) is 10.1. The first-order valence-electron chi connectivity index (χ1n) is 6.81.